The number of thiazole rings is 1. The van der Waals surface area contributed by atoms with Crippen molar-refractivity contribution < 1.29 is 4.79 Å². The van der Waals surface area contributed by atoms with Gasteiger partial charge in [0.15, 0.2) is 0 Å². The molecule has 0 bridgehead atoms. The van der Waals surface area contributed by atoms with Gasteiger partial charge < -0.3 is 9.80 Å². The summed E-state index contributed by atoms with van der Waals surface area (Å²) in [7, 11) is 0. The van der Waals surface area contributed by atoms with Gasteiger partial charge in [-0.25, -0.2) is 15.0 Å². The fourth-order valence-corrected chi connectivity index (χ4v) is 5.49. The van der Waals surface area contributed by atoms with Crippen molar-refractivity contribution >= 4 is 17.2 Å². The molecule has 6 nitrogen and oxygen atoms in total. The zero-order valence-corrected chi connectivity index (χ0v) is 17.5. The Bertz CT molecular complexity index is 944. The molecule has 0 N–H and O–H groups in total. The van der Waals surface area contributed by atoms with Gasteiger partial charge in [-0.3, -0.25) is 4.79 Å². The van der Waals surface area contributed by atoms with Crippen molar-refractivity contribution in [2.24, 2.45) is 0 Å². The maximum Gasteiger partial charge on any atom is 0.256 e. The van der Waals surface area contributed by atoms with Crippen LogP contribution in [0.2, 0.25) is 0 Å². The first-order chi connectivity index (χ1) is 14.2. The van der Waals surface area contributed by atoms with Crippen molar-refractivity contribution in [3.05, 3.63) is 63.3 Å². The third kappa shape index (κ3) is 3.71. The second-order valence-electron chi connectivity index (χ2n) is 7.95. The molecular weight excluding hydrogens is 382 g/mol. The largest absolute Gasteiger partial charge is 0.371 e. The molecule has 0 atom stereocenters. The fraction of sp³-hybridized carbons (Fsp3) is 0.455. The van der Waals surface area contributed by atoms with E-state index in [2.05, 4.69) is 33.1 Å². The Labute approximate surface area is 175 Å². The molecule has 4 heterocycles. The molecular formula is C22H25N5OS. The minimum Gasteiger partial charge on any atom is -0.371 e. The molecule has 0 unspecified atom stereocenters. The zero-order chi connectivity index (χ0) is 19.8. The Morgan fingerprint density at radius 2 is 1.83 bits per heavy atom. The number of hydrogen-bond acceptors (Lipinski definition) is 6. The van der Waals surface area contributed by atoms with E-state index >= 15 is 0 Å². The summed E-state index contributed by atoms with van der Waals surface area (Å²) in [6.45, 7) is 5.51. The molecule has 1 fully saturated rings. The summed E-state index contributed by atoms with van der Waals surface area (Å²) in [5, 5.41) is 1.27. The van der Waals surface area contributed by atoms with Crippen LogP contribution >= 0.6 is 11.3 Å². The predicted molar refractivity (Wildman–Crippen MR) is 113 cm³/mol. The number of carbonyl (C=O) groups is 1. The number of allylic oxidation sites excluding steroid dienone is 3. The first kappa shape index (κ1) is 18.5. The lowest BCUT2D eigenvalue weighted by atomic mass is 9.97. The number of fused-ring (bicyclic) bond motifs is 1. The van der Waals surface area contributed by atoms with Gasteiger partial charge in [0.2, 0.25) is 0 Å². The minimum absolute atomic E-state index is 0.0396. The highest BCUT2D eigenvalue weighted by Gasteiger charge is 2.28. The molecule has 0 radical (unpaired) electrons. The zero-order valence-electron chi connectivity index (χ0n) is 16.7. The van der Waals surface area contributed by atoms with E-state index in [1.807, 2.05) is 23.2 Å². The number of likely N-dealkylation sites (tertiary alicyclic amines) is 1. The summed E-state index contributed by atoms with van der Waals surface area (Å²) in [6.07, 6.45) is 13.8. The topological polar surface area (TPSA) is 62.2 Å². The van der Waals surface area contributed by atoms with E-state index in [1.54, 1.807) is 12.4 Å². The molecule has 2 aliphatic heterocycles. The molecule has 7 heteroatoms. The first-order valence-corrected chi connectivity index (χ1v) is 11.2. The summed E-state index contributed by atoms with van der Waals surface area (Å²) < 4.78 is 0. The maximum atomic E-state index is 12.7. The number of hydrogen-bond donors (Lipinski definition) is 0. The van der Waals surface area contributed by atoms with Crippen LogP contribution in [0.1, 0.15) is 50.5 Å². The highest BCUT2D eigenvalue weighted by atomic mass is 32.1. The van der Waals surface area contributed by atoms with Crippen molar-refractivity contribution in [2.75, 3.05) is 26.2 Å². The van der Waals surface area contributed by atoms with Gasteiger partial charge in [-0.1, -0.05) is 6.08 Å². The number of carbonyl (C=O) groups excluding carboxylic acids is 1. The van der Waals surface area contributed by atoms with E-state index in [-0.39, 0.29) is 5.91 Å². The Balaban J connectivity index is 1.20. The van der Waals surface area contributed by atoms with Gasteiger partial charge >= 0.3 is 0 Å². The molecule has 1 amide bonds. The molecule has 0 spiro atoms. The Morgan fingerprint density at radius 3 is 2.52 bits per heavy atom. The van der Waals surface area contributed by atoms with Gasteiger partial charge in [-0.2, -0.15) is 0 Å². The van der Waals surface area contributed by atoms with E-state index < -0.39 is 0 Å². The maximum absolute atomic E-state index is 12.7. The third-order valence-electron chi connectivity index (χ3n) is 6.08. The van der Waals surface area contributed by atoms with Gasteiger partial charge in [-0.15, -0.1) is 11.3 Å². The van der Waals surface area contributed by atoms with Crippen LogP contribution in [0.15, 0.2) is 36.3 Å². The number of nitrogens with zero attached hydrogens (tertiary/aromatic N) is 5. The monoisotopic (exact) mass is 407 g/mol. The van der Waals surface area contributed by atoms with Gasteiger partial charge in [0.05, 0.1) is 16.3 Å². The molecule has 2 aromatic rings. The van der Waals surface area contributed by atoms with Crippen LogP contribution in [0, 0.1) is 6.92 Å². The van der Waals surface area contributed by atoms with E-state index in [4.69, 9.17) is 4.98 Å². The average molecular weight is 408 g/mol. The van der Waals surface area contributed by atoms with E-state index in [0.717, 1.165) is 51.9 Å². The SMILES string of the molecule is Cc1ncc(C(=O)N2CCC(c3nc4c(s3)CCN(C3=CC=C3)CC4)CC2)cn1. The van der Waals surface area contributed by atoms with Crippen LogP contribution in [-0.4, -0.2) is 56.8 Å². The molecule has 0 aromatic carbocycles. The number of aromatic nitrogens is 3. The normalized spacial score (nSPS) is 19.4. The van der Waals surface area contributed by atoms with Crippen LogP contribution < -0.4 is 0 Å². The highest BCUT2D eigenvalue weighted by Crippen LogP contribution is 2.34. The molecule has 2 aromatic heterocycles. The van der Waals surface area contributed by atoms with E-state index in [0.29, 0.717) is 17.3 Å². The fourth-order valence-electron chi connectivity index (χ4n) is 4.22. The predicted octanol–water partition coefficient (Wildman–Crippen LogP) is 3.12. The second kappa shape index (κ2) is 7.71. The Kier molecular flexibility index (Phi) is 4.91. The lowest BCUT2D eigenvalue weighted by molar-refractivity contribution is 0.0712. The third-order valence-corrected chi connectivity index (χ3v) is 7.40. The average Bonchev–Trinajstić information content (AvgIpc) is 3.02. The van der Waals surface area contributed by atoms with Crippen molar-refractivity contribution in [3.8, 4) is 0 Å². The highest BCUT2D eigenvalue weighted by molar-refractivity contribution is 7.11. The Morgan fingerprint density at radius 1 is 1.10 bits per heavy atom. The van der Waals surface area contributed by atoms with Crippen molar-refractivity contribution in [1.29, 1.82) is 0 Å². The molecule has 3 aliphatic rings. The van der Waals surface area contributed by atoms with Crippen molar-refractivity contribution in [3.63, 3.8) is 0 Å². The lowest BCUT2D eigenvalue weighted by Crippen LogP contribution is -2.38. The van der Waals surface area contributed by atoms with Crippen LogP contribution in [0.5, 0.6) is 0 Å². The molecule has 1 saturated heterocycles. The van der Waals surface area contributed by atoms with Crippen LogP contribution in [-0.2, 0) is 12.8 Å². The van der Waals surface area contributed by atoms with Crippen molar-refractivity contribution in [1.82, 2.24) is 24.8 Å². The van der Waals surface area contributed by atoms with Gasteiger partial charge in [0.25, 0.3) is 5.91 Å². The molecule has 29 heavy (non-hydrogen) atoms. The van der Waals surface area contributed by atoms with Gasteiger partial charge in [0, 0.05) is 67.9 Å². The molecule has 150 valence electrons. The standard InChI is InChI=1S/C22H25N5OS/c1-15-23-13-17(14-24-15)22(28)27-9-5-16(6-10-27)21-25-19-7-11-26(18-3-2-4-18)12-8-20(19)29-21/h2-4,13-14,16H,5-12H2,1H3. The number of rotatable bonds is 3. The number of piperidine rings is 1. The first-order valence-electron chi connectivity index (χ1n) is 10.4. The molecule has 1 aliphatic carbocycles. The van der Waals surface area contributed by atoms with E-state index in [9.17, 15) is 4.79 Å². The lowest BCUT2D eigenvalue weighted by Gasteiger charge is -2.31. The quantitative estimate of drug-likeness (QED) is 0.782. The van der Waals surface area contributed by atoms with Gasteiger partial charge in [0.1, 0.15) is 5.82 Å². The number of aryl methyl sites for hydroxylation is 1. The molecule has 0 saturated carbocycles. The summed E-state index contributed by atoms with van der Waals surface area (Å²) in [5.41, 5.74) is 3.24. The van der Waals surface area contributed by atoms with E-state index in [1.165, 1.54) is 21.3 Å². The smallest absolute Gasteiger partial charge is 0.256 e. The summed E-state index contributed by atoms with van der Waals surface area (Å²) in [4.78, 5) is 31.9. The summed E-state index contributed by atoms with van der Waals surface area (Å²) in [6, 6.07) is 0. The van der Waals surface area contributed by atoms with Crippen LogP contribution in [0.25, 0.3) is 0 Å². The minimum atomic E-state index is 0.0396. The molecule has 5 rings (SSSR count). The summed E-state index contributed by atoms with van der Waals surface area (Å²) in [5.74, 6) is 1.20. The second-order valence-corrected chi connectivity index (χ2v) is 9.06. The number of amides is 1. The van der Waals surface area contributed by atoms with Gasteiger partial charge in [-0.05, 0) is 31.9 Å². The summed E-state index contributed by atoms with van der Waals surface area (Å²) >= 11 is 1.90. The van der Waals surface area contributed by atoms with Crippen LogP contribution in [0.4, 0.5) is 0 Å². The van der Waals surface area contributed by atoms with Crippen molar-refractivity contribution in [2.45, 2.75) is 38.5 Å². The Hall–Kier alpha value is -2.54. The van der Waals surface area contributed by atoms with Crippen LogP contribution in [0.3, 0.4) is 0 Å².